The first-order valence-corrected chi connectivity index (χ1v) is 8.49. The maximum atomic E-state index is 10.6. The maximum absolute atomic E-state index is 10.6. The molecule has 0 saturated heterocycles. The molecule has 0 amide bonds. The van der Waals surface area contributed by atoms with Gasteiger partial charge in [-0.1, -0.05) is 12.1 Å². The Morgan fingerprint density at radius 3 is 2.70 bits per heavy atom. The minimum atomic E-state index is 0.0848. The molecular formula is C20H20N4O3. The van der Waals surface area contributed by atoms with Gasteiger partial charge in [0.1, 0.15) is 28.9 Å². The molecule has 2 aromatic carbocycles. The number of aliphatic hydroxyl groups excluding tert-OH is 1. The third-order valence-electron chi connectivity index (χ3n) is 4.73. The van der Waals surface area contributed by atoms with Gasteiger partial charge in [-0.15, -0.1) is 0 Å². The number of aliphatic hydroxyl groups is 1. The van der Waals surface area contributed by atoms with Crippen molar-refractivity contribution >= 4 is 28.1 Å². The van der Waals surface area contributed by atoms with E-state index < -0.39 is 0 Å². The van der Waals surface area contributed by atoms with E-state index in [9.17, 15) is 5.11 Å². The average molecular weight is 364 g/mol. The average Bonchev–Trinajstić information content (AvgIpc) is 3.22. The molecule has 3 aromatic rings. The molecule has 3 N–H and O–H groups in total. The van der Waals surface area contributed by atoms with E-state index in [0.717, 1.165) is 16.6 Å². The molecule has 0 unspecified atom stereocenters. The number of amidine groups is 1. The van der Waals surface area contributed by atoms with E-state index in [2.05, 4.69) is 9.97 Å². The molecule has 0 fully saturated rings. The molecule has 0 radical (unpaired) electrons. The van der Waals surface area contributed by atoms with Crippen LogP contribution in [0.1, 0.15) is 11.4 Å². The van der Waals surface area contributed by atoms with Gasteiger partial charge in [-0.05, 0) is 30.7 Å². The molecule has 27 heavy (non-hydrogen) atoms. The Morgan fingerprint density at radius 2 is 2.00 bits per heavy atom. The number of para-hydroxylation sites is 1. The predicted molar refractivity (Wildman–Crippen MR) is 105 cm³/mol. The quantitative estimate of drug-likeness (QED) is 0.657. The zero-order valence-electron chi connectivity index (χ0n) is 15.3. The van der Waals surface area contributed by atoms with Gasteiger partial charge < -0.3 is 24.5 Å². The van der Waals surface area contributed by atoms with Crippen LogP contribution in [0.3, 0.4) is 0 Å². The van der Waals surface area contributed by atoms with Crippen LogP contribution >= 0.6 is 0 Å². The summed E-state index contributed by atoms with van der Waals surface area (Å²) >= 11 is 0. The van der Waals surface area contributed by atoms with Crippen molar-refractivity contribution in [3.63, 3.8) is 0 Å². The first-order valence-electron chi connectivity index (χ1n) is 8.49. The standard InChI is InChI=1S/C20H20N4O3/c1-11-5-4-6-13-18(11)23-20(22-13)17-15(25)10-24(19(17)21)14-9-12(26-2)7-8-16(14)27-3/h4-9,21,25H,10H2,1-3H3,(H,22,23). The molecule has 2 heterocycles. The summed E-state index contributed by atoms with van der Waals surface area (Å²) in [5.41, 5.74) is 3.77. The van der Waals surface area contributed by atoms with Crippen LogP contribution in [0.5, 0.6) is 11.5 Å². The highest BCUT2D eigenvalue weighted by Crippen LogP contribution is 2.38. The fraction of sp³-hybridized carbons (Fsp3) is 0.200. The highest BCUT2D eigenvalue weighted by molar-refractivity contribution is 6.30. The van der Waals surface area contributed by atoms with Crippen LogP contribution in [0.25, 0.3) is 16.6 Å². The van der Waals surface area contributed by atoms with E-state index in [-0.39, 0.29) is 18.1 Å². The number of benzene rings is 2. The second-order valence-electron chi connectivity index (χ2n) is 6.35. The molecule has 4 rings (SSSR count). The first kappa shape index (κ1) is 17.0. The van der Waals surface area contributed by atoms with Gasteiger partial charge in [0.15, 0.2) is 0 Å². The minimum Gasteiger partial charge on any atom is -0.509 e. The summed E-state index contributed by atoms with van der Waals surface area (Å²) in [5.74, 6) is 1.95. The first-order chi connectivity index (χ1) is 13.0. The van der Waals surface area contributed by atoms with Crippen molar-refractivity contribution in [3.05, 3.63) is 53.5 Å². The monoisotopic (exact) mass is 364 g/mol. The number of nitrogens with one attached hydrogen (secondary N) is 2. The van der Waals surface area contributed by atoms with Crippen LogP contribution in [-0.4, -0.2) is 41.7 Å². The summed E-state index contributed by atoms with van der Waals surface area (Å²) < 4.78 is 10.7. The molecule has 0 saturated carbocycles. The number of methoxy groups -OCH3 is 2. The van der Waals surface area contributed by atoms with E-state index >= 15 is 0 Å². The zero-order valence-corrected chi connectivity index (χ0v) is 15.3. The number of imidazole rings is 1. The summed E-state index contributed by atoms with van der Waals surface area (Å²) in [7, 11) is 3.15. The summed E-state index contributed by atoms with van der Waals surface area (Å²) in [6.45, 7) is 2.14. The Bertz CT molecular complexity index is 1080. The Labute approximate surface area is 156 Å². The molecule has 0 spiro atoms. The molecule has 138 valence electrons. The number of anilines is 1. The van der Waals surface area contributed by atoms with Crippen molar-refractivity contribution < 1.29 is 14.6 Å². The summed E-state index contributed by atoms with van der Waals surface area (Å²) in [5, 5.41) is 19.2. The van der Waals surface area contributed by atoms with Gasteiger partial charge in [-0.2, -0.15) is 0 Å². The molecule has 1 aliphatic rings. The number of rotatable bonds is 4. The molecule has 0 bridgehead atoms. The number of aryl methyl sites for hydroxylation is 1. The minimum absolute atomic E-state index is 0.0848. The molecule has 1 aromatic heterocycles. The van der Waals surface area contributed by atoms with Crippen molar-refractivity contribution in [3.8, 4) is 11.5 Å². The van der Waals surface area contributed by atoms with Gasteiger partial charge in [0, 0.05) is 6.07 Å². The number of fused-ring (bicyclic) bond motifs is 1. The normalized spacial score (nSPS) is 14.3. The van der Waals surface area contributed by atoms with Gasteiger partial charge in [-0.25, -0.2) is 4.98 Å². The highest BCUT2D eigenvalue weighted by Gasteiger charge is 2.33. The highest BCUT2D eigenvalue weighted by atomic mass is 16.5. The van der Waals surface area contributed by atoms with Crippen LogP contribution < -0.4 is 14.4 Å². The summed E-state index contributed by atoms with van der Waals surface area (Å²) in [4.78, 5) is 9.49. The Kier molecular flexibility index (Phi) is 3.99. The lowest BCUT2D eigenvalue weighted by Crippen LogP contribution is -2.26. The van der Waals surface area contributed by atoms with E-state index in [1.54, 1.807) is 37.3 Å². The van der Waals surface area contributed by atoms with Crippen LogP contribution in [0.15, 0.2) is 42.2 Å². The smallest absolute Gasteiger partial charge is 0.145 e. The van der Waals surface area contributed by atoms with Crippen LogP contribution in [0.4, 0.5) is 5.69 Å². The summed E-state index contributed by atoms with van der Waals surface area (Å²) in [6.07, 6.45) is 0. The number of hydrogen-bond acceptors (Lipinski definition) is 5. The fourth-order valence-corrected chi connectivity index (χ4v) is 3.34. The van der Waals surface area contributed by atoms with Crippen LogP contribution in [-0.2, 0) is 0 Å². The molecule has 1 aliphatic heterocycles. The molecule has 0 aliphatic carbocycles. The largest absolute Gasteiger partial charge is 0.509 e. The number of aromatic nitrogens is 2. The predicted octanol–water partition coefficient (Wildman–Crippen LogP) is 3.66. The van der Waals surface area contributed by atoms with Crippen molar-refractivity contribution in [2.24, 2.45) is 0 Å². The number of hydrogen-bond donors (Lipinski definition) is 3. The lowest BCUT2D eigenvalue weighted by Gasteiger charge is -2.21. The number of aromatic amines is 1. The Balaban J connectivity index is 1.76. The van der Waals surface area contributed by atoms with Gasteiger partial charge in [0.05, 0.1) is 43.1 Å². The van der Waals surface area contributed by atoms with Gasteiger partial charge in [-0.3, -0.25) is 5.41 Å². The molecule has 7 heteroatoms. The molecular weight excluding hydrogens is 344 g/mol. The maximum Gasteiger partial charge on any atom is 0.145 e. The Morgan fingerprint density at radius 1 is 1.19 bits per heavy atom. The van der Waals surface area contributed by atoms with Crippen molar-refractivity contribution in [1.29, 1.82) is 5.41 Å². The van der Waals surface area contributed by atoms with Crippen molar-refractivity contribution in [1.82, 2.24) is 9.97 Å². The second kappa shape index (κ2) is 6.35. The number of nitrogens with zero attached hydrogens (tertiary/aromatic N) is 2. The number of ether oxygens (including phenoxy) is 2. The third-order valence-corrected chi connectivity index (χ3v) is 4.73. The zero-order chi connectivity index (χ0) is 19.1. The summed E-state index contributed by atoms with van der Waals surface area (Å²) in [6, 6.07) is 11.2. The van der Waals surface area contributed by atoms with Gasteiger partial charge in [0.25, 0.3) is 0 Å². The van der Waals surface area contributed by atoms with Crippen LogP contribution in [0.2, 0.25) is 0 Å². The lowest BCUT2D eigenvalue weighted by atomic mass is 10.2. The van der Waals surface area contributed by atoms with Crippen LogP contribution in [0, 0.1) is 12.3 Å². The molecule has 7 nitrogen and oxygen atoms in total. The topological polar surface area (TPSA) is 94.5 Å². The second-order valence-corrected chi connectivity index (χ2v) is 6.35. The SMILES string of the molecule is COc1ccc(OC)c(N2CC(O)=C(c3nc4c(C)cccc4[nH]3)C2=N)c1. The Hall–Kier alpha value is -3.48. The van der Waals surface area contributed by atoms with E-state index in [0.29, 0.717) is 28.6 Å². The van der Waals surface area contributed by atoms with E-state index in [1.165, 1.54) is 0 Å². The van der Waals surface area contributed by atoms with E-state index in [4.69, 9.17) is 14.9 Å². The fourth-order valence-electron chi connectivity index (χ4n) is 3.34. The number of H-pyrrole nitrogens is 1. The van der Waals surface area contributed by atoms with Crippen molar-refractivity contribution in [2.75, 3.05) is 25.7 Å². The lowest BCUT2D eigenvalue weighted by molar-refractivity contribution is 0.400. The van der Waals surface area contributed by atoms with Crippen molar-refractivity contribution in [2.45, 2.75) is 6.92 Å². The van der Waals surface area contributed by atoms with Gasteiger partial charge >= 0.3 is 0 Å². The molecule has 0 atom stereocenters. The van der Waals surface area contributed by atoms with E-state index in [1.807, 2.05) is 25.1 Å². The third kappa shape index (κ3) is 2.68. The van der Waals surface area contributed by atoms with Gasteiger partial charge in [0.2, 0.25) is 0 Å².